The summed E-state index contributed by atoms with van der Waals surface area (Å²) in [5, 5.41) is 0. The summed E-state index contributed by atoms with van der Waals surface area (Å²) >= 11 is 0. The lowest BCUT2D eigenvalue weighted by atomic mass is 10.1. The fraction of sp³-hybridized carbons (Fsp3) is 0.667. The summed E-state index contributed by atoms with van der Waals surface area (Å²) in [6.45, 7) is 6.39. The highest BCUT2D eigenvalue weighted by Gasteiger charge is 2.06. The van der Waals surface area contributed by atoms with Crippen LogP contribution in [0.5, 0.6) is 0 Å². The highest BCUT2D eigenvalue weighted by molar-refractivity contribution is 5.88. The zero-order valence-electron chi connectivity index (χ0n) is 8.02. The number of allylic oxidation sites excluding steroid dienone is 1. The molecule has 0 heterocycles. The van der Waals surface area contributed by atoms with Crippen LogP contribution in [0.1, 0.15) is 27.2 Å². The van der Waals surface area contributed by atoms with Crippen LogP contribution in [0, 0.1) is 0 Å². The molecule has 12 heavy (non-hydrogen) atoms. The number of rotatable bonds is 4. The summed E-state index contributed by atoms with van der Waals surface area (Å²) in [6, 6.07) is 0. The van der Waals surface area contributed by atoms with Crippen LogP contribution in [0.2, 0.25) is 0 Å². The van der Waals surface area contributed by atoms with Crippen LogP contribution < -0.4 is 5.73 Å². The number of carbonyl (C=O) groups is 1. The molecule has 0 saturated carbocycles. The van der Waals surface area contributed by atoms with E-state index in [1.54, 1.807) is 6.92 Å². The van der Waals surface area contributed by atoms with Gasteiger partial charge in [0.2, 0.25) is 0 Å². The molecule has 0 aromatic carbocycles. The van der Waals surface area contributed by atoms with E-state index in [2.05, 4.69) is 0 Å². The van der Waals surface area contributed by atoms with Gasteiger partial charge < -0.3 is 10.5 Å². The minimum atomic E-state index is -0.250. The van der Waals surface area contributed by atoms with Crippen molar-refractivity contribution >= 4 is 5.97 Å². The number of carbonyl (C=O) groups excluding carboxylic acids is 1. The molecule has 0 spiro atoms. The van der Waals surface area contributed by atoms with Gasteiger partial charge in [0.25, 0.3) is 0 Å². The van der Waals surface area contributed by atoms with Gasteiger partial charge in [-0.15, -0.1) is 0 Å². The van der Waals surface area contributed by atoms with Crippen molar-refractivity contribution in [2.24, 2.45) is 5.73 Å². The van der Waals surface area contributed by atoms with Gasteiger partial charge in [0.1, 0.15) is 6.61 Å². The molecule has 0 rings (SSSR count). The standard InChI is InChI=1S/C9H17NO2/c1-4-7(2)8(3)9(11)12-6-5-10/h4-6,10H2,1-3H3. The summed E-state index contributed by atoms with van der Waals surface area (Å²) in [7, 11) is 0. The lowest BCUT2D eigenvalue weighted by Gasteiger charge is -2.05. The lowest BCUT2D eigenvalue weighted by molar-refractivity contribution is -0.138. The van der Waals surface area contributed by atoms with Gasteiger partial charge in [-0.3, -0.25) is 0 Å². The molecule has 0 aliphatic carbocycles. The smallest absolute Gasteiger partial charge is 0.333 e. The zero-order valence-corrected chi connectivity index (χ0v) is 8.02. The SMILES string of the molecule is CCC(C)=C(C)C(=O)OCCN. The van der Waals surface area contributed by atoms with Gasteiger partial charge in [0, 0.05) is 12.1 Å². The summed E-state index contributed by atoms with van der Waals surface area (Å²) in [4.78, 5) is 11.2. The van der Waals surface area contributed by atoms with Crippen molar-refractivity contribution in [3.8, 4) is 0 Å². The first-order valence-electron chi connectivity index (χ1n) is 4.17. The van der Waals surface area contributed by atoms with E-state index in [1.165, 1.54) is 0 Å². The van der Waals surface area contributed by atoms with Crippen LogP contribution in [0.15, 0.2) is 11.1 Å². The van der Waals surface area contributed by atoms with Gasteiger partial charge in [-0.2, -0.15) is 0 Å². The Balaban J connectivity index is 4.09. The highest BCUT2D eigenvalue weighted by Crippen LogP contribution is 2.08. The second kappa shape index (κ2) is 5.77. The average Bonchev–Trinajstić information content (AvgIpc) is 2.11. The second-order valence-electron chi connectivity index (χ2n) is 2.68. The van der Waals surface area contributed by atoms with Crippen LogP contribution >= 0.6 is 0 Å². The van der Waals surface area contributed by atoms with Gasteiger partial charge in [-0.25, -0.2) is 4.79 Å². The Bertz CT molecular complexity index is 185. The van der Waals surface area contributed by atoms with Gasteiger partial charge >= 0.3 is 5.97 Å². The fourth-order valence-corrected chi connectivity index (χ4v) is 0.699. The summed E-state index contributed by atoms with van der Waals surface area (Å²) in [5.74, 6) is -0.250. The van der Waals surface area contributed by atoms with Crippen molar-refractivity contribution in [2.45, 2.75) is 27.2 Å². The fourth-order valence-electron chi connectivity index (χ4n) is 0.699. The Hall–Kier alpha value is -0.830. The van der Waals surface area contributed by atoms with Crippen LogP contribution in [-0.4, -0.2) is 19.1 Å². The first-order valence-corrected chi connectivity index (χ1v) is 4.17. The monoisotopic (exact) mass is 171 g/mol. The molecule has 0 fully saturated rings. The predicted octanol–water partition coefficient (Wildman–Crippen LogP) is 1.23. The Morgan fingerprint density at radius 1 is 1.42 bits per heavy atom. The van der Waals surface area contributed by atoms with Crippen LogP contribution in [-0.2, 0) is 9.53 Å². The average molecular weight is 171 g/mol. The van der Waals surface area contributed by atoms with Crippen molar-refractivity contribution in [1.29, 1.82) is 0 Å². The molecule has 0 radical (unpaired) electrons. The molecule has 0 amide bonds. The summed E-state index contributed by atoms with van der Waals surface area (Å²) in [6.07, 6.45) is 0.879. The number of esters is 1. The molecule has 70 valence electrons. The van der Waals surface area contributed by atoms with Crippen LogP contribution in [0.25, 0.3) is 0 Å². The van der Waals surface area contributed by atoms with Crippen LogP contribution in [0.3, 0.4) is 0 Å². The maximum atomic E-state index is 11.2. The Morgan fingerprint density at radius 3 is 2.42 bits per heavy atom. The van der Waals surface area contributed by atoms with E-state index >= 15 is 0 Å². The second-order valence-corrected chi connectivity index (χ2v) is 2.68. The quantitative estimate of drug-likeness (QED) is 0.511. The van der Waals surface area contributed by atoms with Crippen molar-refractivity contribution in [3.63, 3.8) is 0 Å². The Morgan fingerprint density at radius 2 is 2.00 bits per heavy atom. The molecular weight excluding hydrogens is 154 g/mol. The molecule has 3 heteroatoms. The van der Waals surface area contributed by atoms with Crippen LogP contribution in [0.4, 0.5) is 0 Å². The molecule has 0 saturated heterocycles. The largest absolute Gasteiger partial charge is 0.461 e. The highest BCUT2D eigenvalue weighted by atomic mass is 16.5. The molecule has 3 nitrogen and oxygen atoms in total. The van der Waals surface area contributed by atoms with Gasteiger partial charge in [-0.05, 0) is 20.3 Å². The van der Waals surface area contributed by atoms with Crippen molar-refractivity contribution < 1.29 is 9.53 Å². The van der Waals surface area contributed by atoms with E-state index in [1.807, 2.05) is 13.8 Å². The van der Waals surface area contributed by atoms with Crippen molar-refractivity contribution in [2.75, 3.05) is 13.2 Å². The third-order valence-electron chi connectivity index (χ3n) is 1.83. The van der Waals surface area contributed by atoms with E-state index in [-0.39, 0.29) is 5.97 Å². The minimum absolute atomic E-state index is 0.250. The molecule has 0 atom stereocenters. The van der Waals surface area contributed by atoms with E-state index in [9.17, 15) is 4.79 Å². The number of hydrogen-bond acceptors (Lipinski definition) is 3. The lowest BCUT2D eigenvalue weighted by Crippen LogP contribution is -2.14. The molecule has 0 bridgehead atoms. The molecule has 0 aromatic rings. The predicted molar refractivity (Wildman–Crippen MR) is 48.7 cm³/mol. The molecule has 2 N–H and O–H groups in total. The minimum Gasteiger partial charge on any atom is -0.461 e. The third kappa shape index (κ3) is 3.53. The zero-order chi connectivity index (χ0) is 9.56. The molecule has 0 aliphatic rings. The summed E-state index contributed by atoms with van der Waals surface area (Å²) in [5.41, 5.74) is 6.96. The molecule has 0 aromatic heterocycles. The molecule has 0 unspecified atom stereocenters. The Kier molecular flexibility index (Phi) is 5.37. The van der Waals surface area contributed by atoms with Crippen molar-refractivity contribution in [1.82, 2.24) is 0 Å². The topological polar surface area (TPSA) is 52.3 Å². The molecule has 0 aliphatic heterocycles. The van der Waals surface area contributed by atoms with Gasteiger partial charge in [0.05, 0.1) is 0 Å². The van der Waals surface area contributed by atoms with Gasteiger partial charge in [0.15, 0.2) is 0 Å². The third-order valence-corrected chi connectivity index (χ3v) is 1.83. The first kappa shape index (κ1) is 11.2. The number of hydrogen-bond donors (Lipinski definition) is 1. The molecular formula is C9H17NO2. The van der Waals surface area contributed by atoms with Crippen molar-refractivity contribution in [3.05, 3.63) is 11.1 Å². The van der Waals surface area contributed by atoms with E-state index < -0.39 is 0 Å². The normalized spacial score (nSPS) is 12.3. The maximum absolute atomic E-state index is 11.2. The Labute approximate surface area is 73.6 Å². The summed E-state index contributed by atoms with van der Waals surface area (Å²) < 4.78 is 4.85. The van der Waals surface area contributed by atoms with Gasteiger partial charge in [-0.1, -0.05) is 12.5 Å². The number of nitrogens with two attached hydrogens (primary N) is 1. The number of ether oxygens (including phenoxy) is 1. The van der Waals surface area contributed by atoms with E-state index in [0.29, 0.717) is 18.7 Å². The first-order chi connectivity index (χ1) is 5.63. The maximum Gasteiger partial charge on any atom is 0.333 e. The van der Waals surface area contributed by atoms with E-state index in [0.717, 1.165) is 12.0 Å². The van der Waals surface area contributed by atoms with E-state index in [4.69, 9.17) is 10.5 Å².